The fraction of sp³-hybridized carbons (Fsp3) is 0.333. The van der Waals surface area contributed by atoms with Crippen LogP contribution in [0.15, 0.2) is 48.5 Å². The lowest BCUT2D eigenvalue weighted by Gasteiger charge is -2.21. The van der Waals surface area contributed by atoms with Gasteiger partial charge in [0.2, 0.25) is 0 Å². The molecule has 4 rings (SSSR count). The second-order valence-electron chi connectivity index (χ2n) is 8.23. The summed E-state index contributed by atoms with van der Waals surface area (Å²) >= 11 is 6.44. The van der Waals surface area contributed by atoms with Crippen LogP contribution >= 0.6 is 11.6 Å². The Balaban J connectivity index is 1.54. The van der Waals surface area contributed by atoms with Gasteiger partial charge >= 0.3 is 6.03 Å². The summed E-state index contributed by atoms with van der Waals surface area (Å²) in [6.07, 6.45) is 0. The van der Waals surface area contributed by atoms with Crippen molar-refractivity contribution >= 4 is 23.4 Å². The van der Waals surface area contributed by atoms with Crippen LogP contribution in [0.3, 0.4) is 0 Å². The second kappa shape index (κ2) is 10.5. The number of para-hydroxylation sites is 1. The topological polar surface area (TPSA) is 71.4 Å². The highest BCUT2D eigenvalue weighted by molar-refractivity contribution is 6.34. The van der Waals surface area contributed by atoms with E-state index < -0.39 is 17.7 Å². The summed E-state index contributed by atoms with van der Waals surface area (Å²) in [5, 5.41) is 10.6. The molecule has 2 N–H and O–H groups in total. The van der Waals surface area contributed by atoms with Gasteiger partial charge in [0.15, 0.2) is 17.5 Å². The minimum absolute atomic E-state index is 0.228. The summed E-state index contributed by atoms with van der Waals surface area (Å²) in [4.78, 5) is 15.1. The van der Waals surface area contributed by atoms with Gasteiger partial charge in [0.05, 0.1) is 24.0 Å². The SMILES string of the molecule is COCCN1C[C@@H](NC(=O)Nc2c(Cl)c(C)nn2-c2ccccc2)[C@H](c2ccc(F)c(F)c2)C1. The van der Waals surface area contributed by atoms with E-state index >= 15 is 0 Å². The maximum atomic E-state index is 13.9. The fourth-order valence-electron chi connectivity index (χ4n) is 4.20. The van der Waals surface area contributed by atoms with Crippen LogP contribution in [0.2, 0.25) is 5.02 Å². The van der Waals surface area contributed by atoms with E-state index in [4.69, 9.17) is 16.3 Å². The molecule has 0 unspecified atom stereocenters. The molecule has 2 aromatic carbocycles. The smallest absolute Gasteiger partial charge is 0.320 e. The van der Waals surface area contributed by atoms with E-state index in [1.54, 1.807) is 24.8 Å². The number of likely N-dealkylation sites (tertiary alicyclic amines) is 1. The normalized spacial score (nSPS) is 18.3. The molecule has 10 heteroatoms. The van der Waals surface area contributed by atoms with Crippen molar-refractivity contribution in [1.29, 1.82) is 0 Å². The number of nitrogens with zero attached hydrogens (tertiary/aromatic N) is 3. The van der Waals surface area contributed by atoms with E-state index in [1.165, 1.54) is 6.07 Å². The van der Waals surface area contributed by atoms with Crippen molar-refractivity contribution in [2.45, 2.75) is 18.9 Å². The number of aromatic nitrogens is 2. The number of benzene rings is 2. The van der Waals surface area contributed by atoms with Crippen LogP contribution < -0.4 is 10.6 Å². The van der Waals surface area contributed by atoms with Crippen molar-refractivity contribution in [3.8, 4) is 5.69 Å². The molecule has 3 aromatic rings. The molecule has 1 fully saturated rings. The number of ether oxygens (including phenoxy) is 1. The van der Waals surface area contributed by atoms with Crippen LogP contribution in [-0.2, 0) is 4.74 Å². The van der Waals surface area contributed by atoms with E-state index in [0.29, 0.717) is 48.3 Å². The largest absolute Gasteiger partial charge is 0.383 e. The Kier molecular flexibility index (Phi) is 7.45. The maximum Gasteiger partial charge on any atom is 0.320 e. The van der Waals surface area contributed by atoms with Crippen molar-refractivity contribution in [3.05, 3.63) is 76.4 Å². The van der Waals surface area contributed by atoms with Crippen LogP contribution in [0.5, 0.6) is 0 Å². The molecule has 0 spiro atoms. The second-order valence-corrected chi connectivity index (χ2v) is 8.61. The van der Waals surface area contributed by atoms with Crippen LogP contribution in [0.25, 0.3) is 5.69 Å². The number of hydrogen-bond donors (Lipinski definition) is 2. The molecule has 180 valence electrons. The number of amides is 2. The number of rotatable bonds is 7. The molecular formula is C24H26ClF2N5O2. The number of aryl methyl sites for hydroxylation is 1. The molecule has 0 bridgehead atoms. The maximum absolute atomic E-state index is 13.9. The first-order chi connectivity index (χ1) is 16.4. The molecule has 2 amide bonds. The molecule has 1 aromatic heterocycles. The van der Waals surface area contributed by atoms with Crippen LogP contribution in [0.4, 0.5) is 19.4 Å². The van der Waals surface area contributed by atoms with Gasteiger partial charge < -0.3 is 10.1 Å². The zero-order valence-corrected chi connectivity index (χ0v) is 19.6. The summed E-state index contributed by atoms with van der Waals surface area (Å²) in [6.45, 7) is 4.04. The zero-order valence-electron chi connectivity index (χ0n) is 18.9. The Morgan fingerprint density at radius 1 is 1.18 bits per heavy atom. The Bertz CT molecular complexity index is 1160. The molecule has 34 heavy (non-hydrogen) atoms. The van der Waals surface area contributed by atoms with Crippen molar-refractivity contribution in [1.82, 2.24) is 20.0 Å². The number of halogens is 3. The number of nitrogens with one attached hydrogen (secondary N) is 2. The number of hydrogen-bond acceptors (Lipinski definition) is 4. The predicted octanol–water partition coefficient (Wildman–Crippen LogP) is 4.35. The van der Waals surface area contributed by atoms with Gasteiger partial charge in [0.25, 0.3) is 0 Å². The molecule has 2 heterocycles. The van der Waals surface area contributed by atoms with Crippen LogP contribution in [-0.4, -0.2) is 60.1 Å². The molecule has 0 radical (unpaired) electrons. The predicted molar refractivity (Wildman–Crippen MR) is 127 cm³/mol. The van der Waals surface area contributed by atoms with E-state index in [9.17, 15) is 13.6 Å². The van der Waals surface area contributed by atoms with Gasteiger partial charge in [0, 0.05) is 32.7 Å². The van der Waals surface area contributed by atoms with Crippen molar-refractivity contribution in [3.63, 3.8) is 0 Å². The summed E-state index contributed by atoms with van der Waals surface area (Å²) < 4.78 is 34.2. The van der Waals surface area contributed by atoms with Crippen molar-refractivity contribution in [2.75, 3.05) is 38.7 Å². The highest BCUT2D eigenvalue weighted by atomic mass is 35.5. The lowest BCUT2D eigenvalue weighted by Crippen LogP contribution is -2.42. The molecule has 2 atom stereocenters. The molecular weight excluding hydrogens is 464 g/mol. The minimum Gasteiger partial charge on any atom is -0.383 e. The highest BCUT2D eigenvalue weighted by Gasteiger charge is 2.35. The Morgan fingerprint density at radius 3 is 2.65 bits per heavy atom. The summed E-state index contributed by atoms with van der Waals surface area (Å²) in [7, 11) is 1.62. The first kappa shape index (κ1) is 24.1. The monoisotopic (exact) mass is 489 g/mol. The number of anilines is 1. The minimum atomic E-state index is -0.912. The Labute approximate surface area is 201 Å². The molecule has 1 saturated heterocycles. The molecule has 0 saturated carbocycles. The van der Waals surface area contributed by atoms with Crippen LogP contribution in [0, 0.1) is 18.6 Å². The molecule has 7 nitrogen and oxygen atoms in total. The van der Waals surface area contributed by atoms with Crippen molar-refractivity contribution < 1.29 is 18.3 Å². The first-order valence-electron chi connectivity index (χ1n) is 10.9. The fourth-order valence-corrected chi connectivity index (χ4v) is 4.36. The molecule has 1 aliphatic rings. The third kappa shape index (κ3) is 5.22. The average molecular weight is 490 g/mol. The van der Waals surface area contributed by atoms with E-state index in [0.717, 1.165) is 11.8 Å². The summed E-state index contributed by atoms with van der Waals surface area (Å²) in [6, 6.07) is 12.4. The van der Waals surface area contributed by atoms with E-state index in [1.807, 2.05) is 30.3 Å². The Hall–Kier alpha value is -3.01. The van der Waals surface area contributed by atoms with E-state index in [-0.39, 0.29) is 12.0 Å². The van der Waals surface area contributed by atoms with Gasteiger partial charge in [-0.05, 0) is 36.8 Å². The van der Waals surface area contributed by atoms with Gasteiger partial charge in [-0.15, -0.1) is 0 Å². The quantitative estimate of drug-likeness (QED) is 0.517. The van der Waals surface area contributed by atoms with Gasteiger partial charge in [-0.2, -0.15) is 5.10 Å². The van der Waals surface area contributed by atoms with Gasteiger partial charge in [0.1, 0.15) is 5.02 Å². The van der Waals surface area contributed by atoms with Gasteiger partial charge in [-0.3, -0.25) is 10.2 Å². The third-order valence-corrected chi connectivity index (χ3v) is 6.37. The van der Waals surface area contributed by atoms with Gasteiger partial charge in [-0.25, -0.2) is 18.3 Å². The summed E-state index contributed by atoms with van der Waals surface area (Å²) in [5.41, 5.74) is 1.94. The summed E-state index contributed by atoms with van der Waals surface area (Å²) in [5.74, 6) is -1.69. The number of urea groups is 1. The lowest BCUT2D eigenvalue weighted by molar-refractivity contribution is 0.159. The highest BCUT2D eigenvalue weighted by Crippen LogP contribution is 2.30. The van der Waals surface area contributed by atoms with E-state index in [2.05, 4.69) is 20.6 Å². The van der Waals surface area contributed by atoms with Crippen molar-refractivity contribution in [2.24, 2.45) is 0 Å². The number of carbonyl (C=O) groups excluding carboxylic acids is 1. The first-order valence-corrected chi connectivity index (χ1v) is 11.3. The Morgan fingerprint density at radius 2 is 1.94 bits per heavy atom. The number of carbonyl (C=O) groups is 1. The lowest BCUT2D eigenvalue weighted by atomic mass is 9.94. The molecule has 0 aliphatic carbocycles. The molecule has 1 aliphatic heterocycles. The standard InChI is InChI=1S/C24H26ClF2N5O2/c1-15-22(25)23(32(30-15)17-6-4-3-5-7-17)29-24(33)28-21-14-31(10-11-34-2)13-18(21)16-8-9-19(26)20(27)12-16/h3-9,12,18,21H,10-11,13-14H2,1-2H3,(H2,28,29,33)/t18-,21+/m0/s1. The number of methoxy groups -OCH3 is 1. The van der Waals surface area contributed by atoms with Gasteiger partial charge in [-0.1, -0.05) is 35.9 Å². The average Bonchev–Trinajstić information content (AvgIpc) is 3.35. The third-order valence-electron chi connectivity index (χ3n) is 5.92. The van der Waals surface area contributed by atoms with Crippen LogP contribution in [0.1, 0.15) is 17.2 Å². The zero-order chi connectivity index (χ0) is 24.2.